The number of nitrogens with two attached hydrogens (primary N) is 1. The summed E-state index contributed by atoms with van der Waals surface area (Å²) < 4.78 is 14.6. The highest BCUT2D eigenvalue weighted by Gasteiger charge is 2.29. The van der Waals surface area contributed by atoms with E-state index in [-0.39, 0.29) is 19.3 Å². The van der Waals surface area contributed by atoms with Gasteiger partial charge in [-0.1, -0.05) is 0 Å². The van der Waals surface area contributed by atoms with Crippen molar-refractivity contribution in [2.24, 2.45) is 5.73 Å². The van der Waals surface area contributed by atoms with Gasteiger partial charge < -0.3 is 14.2 Å². The highest BCUT2D eigenvalue weighted by molar-refractivity contribution is 5.37. The van der Waals surface area contributed by atoms with E-state index in [1.165, 1.54) is 0 Å². The molecule has 1 heterocycles. The Morgan fingerprint density at radius 3 is 2.64 bits per heavy atom. The minimum Gasteiger partial charge on any atom is -0.460 e. The molecule has 11 heavy (non-hydrogen) atoms. The third kappa shape index (κ3) is 2.45. The van der Waals surface area contributed by atoms with E-state index >= 15 is 0 Å². The number of carbonyl (C=O) groups excluding carboxylic acids is 1. The highest BCUT2D eigenvalue weighted by Crippen LogP contribution is 2.12. The van der Waals surface area contributed by atoms with Crippen molar-refractivity contribution in [3.63, 3.8) is 0 Å². The molecule has 0 radical (unpaired) electrons. The van der Waals surface area contributed by atoms with Gasteiger partial charge in [-0.2, -0.15) is 0 Å². The number of hydrogen-bond acceptors (Lipinski definition) is 5. The number of carbonyl (C=O) groups is 1. The maximum Gasteiger partial charge on any atom is 0.293 e. The van der Waals surface area contributed by atoms with Crippen molar-refractivity contribution < 1.29 is 19.0 Å². The molecule has 0 saturated carbocycles. The molecule has 0 aromatic carbocycles. The molecule has 5 nitrogen and oxygen atoms in total. The first-order chi connectivity index (χ1) is 5.14. The van der Waals surface area contributed by atoms with Crippen LogP contribution < -0.4 is 5.73 Å². The molecule has 5 heteroatoms. The summed E-state index contributed by atoms with van der Waals surface area (Å²) in [5, 5.41) is 0. The summed E-state index contributed by atoms with van der Waals surface area (Å²) in [7, 11) is 0. The Morgan fingerprint density at radius 2 is 2.18 bits per heavy atom. The lowest BCUT2D eigenvalue weighted by Gasteiger charge is -2.33. The van der Waals surface area contributed by atoms with Gasteiger partial charge in [0, 0.05) is 6.92 Å². The van der Waals surface area contributed by atoms with Crippen LogP contribution in [0.2, 0.25) is 0 Å². The predicted octanol–water partition coefficient (Wildman–Crippen LogP) is -0.793. The first-order valence-corrected chi connectivity index (χ1v) is 3.30. The number of hydrogen-bond donors (Lipinski definition) is 1. The summed E-state index contributed by atoms with van der Waals surface area (Å²) in [5.41, 5.74) is 5.45. The van der Waals surface area contributed by atoms with Crippen LogP contribution in [0, 0.1) is 0 Å². The van der Waals surface area contributed by atoms with E-state index in [1.807, 2.05) is 0 Å². The second-order valence-electron chi connectivity index (χ2n) is 2.49. The van der Waals surface area contributed by atoms with Gasteiger partial charge in [-0.05, 0) is 0 Å². The molecule has 0 unspecified atom stereocenters. The van der Waals surface area contributed by atoms with Gasteiger partial charge in [0.05, 0.1) is 13.2 Å². The standard InChI is InChI=1S/C6H11NO4/c1-6(7)10-2-5(3-11-6)9-4-8/h4-5H,2-3,7H2,1H3. The molecular weight excluding hydrogens is 150 g/mol. The molecule has 1 aliphatic rings. The quantitative estimate of drug-likeness (QED) is 0.537. The molecule has 0 aromatic heterocycles. The van der Waals surface area contributed by atoms with E-state index < -0.39 is 5.91 Å². The van der Waals surface area contributed by atoms with E-state index in [9.17, 15) is 4.79 Å². The van der Waals surface area contributed by atoms with Crippen LogP contribution in [0.5, 0.6) is 0 Å². The normalized spacial score (nSPS) is 38.2. The largest absolute Gasteiger partial charge is 0.460 e. The fourth-order valence-corrected chi connectivity index (χ4v) is 0.764. The van der Waals surface area contributed by atoms with Gasteiger partial charge in [-0.15, -0.1) is 0 Å². The lowest BCUT2D eigenvalue weighted by molar-refractivity contribution is -0.280. The van der Waals surface area contributed by atoms with Crippen molar-refractivity contribution >= 4 is 6.47 Å². The average molecular weight is 161 g/mol. The van der Waals surface area contributed by atoms with Crippen LogP contribution in [0.4, 0.5) is 0 Å². The summed E-state index contributed by atoms with van der Waals surface area (Å²) in [6, 6.07) is 0. The van der Waals surface area contributed by atoms with Crippen molar-refractivity contribution in [1.82, 2.24) is 0 Å². The van der Waals surface area contributed by atoms with Crippen LogP contribution in [-0.2, 0) is 19.0 Å². The first-order valence-electron chi connectivity index (χ1n) is 3.30. The van der Waals surface area contributed by atoms with Gasteiger partial charge in [-0.3, -0.25) is 10.5 Å². The Bertz CT molecular complexity index is 138. The lowest BCUT2D eigenvalue weighted by atomic mass is 10.3. The van der Waals surface area contributed by atoms with Crippen LogP contribution in [0.15, 0.2) is 0 Å². The average Bonchev–Trinajstić information content (AvgIpc) is 1.94. The van der Waals surface area contributed by atoms with E-state index in [0.717, 1.165) is 0 Å². The lowest BCUT2D eigenvalue weighted by Crippen LogP contribution is -2.51. The SMILES string of the molecule is CC1(N)OCC(OC=O)CO1. The number of ether oxygens (including phenoxy) is 3. The van der Waals surface area contributed by atoms with Gasteiger partial charge in [0.2, 0.25) is 5.91 Å². The molecule has 0 aliphatic carbocycles. The fourth-order valence-electron chi connectivity index (χ4n) is 0.764. The molecule has 1 saturated heterocycles. The molecule has 0 atom stereocenters. The zero-order valence-electron chi connectivity index (χ0n) is 6.28. The molecule has 1 aliphatic heterocycles. The van der Waals surface area contributed by atoms with Gasteiger partial charge in [-0.25, -0.2) is 0 Å². The van der Waals surface area contributed by atoms with E-state index in [4.69, 9.17) is 15.2 Å². The van der Waals surface area contributed by atoms with Crippen molar-refractivity contribution in [3.8, 4) is 0 Å². The summed E-state index contributed by atoms with van der Waals surface area (Å²) >= 11 is 0. The second kappa shape index (κ2) is 3.17. The van der Waals surface area contributed by atoms with Crippen LogP contribution in [-0.4, -0.2) is 31.7 Å². The van der Waals surface area contributed by atoms with E-state index in [2.05, 4.69) is 4.74 Å². The summed E-state index contributed by atoms with van der Waals surface area (Å²) in [5.74, 6) is -1.04. The molecule has 2 N–H and O–H groups in total. The Balaban J connectivity index is 2.30. The Kier molecular flexibility index (Phi) is 2.43. The van der Waals surface area contributed by atoms with E-state index in [1.54, 1.807) is 6.92 Å². The van der Waals surface area contributed by atoms with Crippen molar-refractivity contribution in [3.05, 3.63) is 0 Å². The van der Waals surface area contributed by atoms with Gasteiger partial charge in [0.25, 0.3) is 6.47 Å². The first kappa shape index (κ1) is 8.45. The van der Waals surface area contributed by atoms with Gasteiger partial charge in [0.1, 0.15) is 6.10 Å². The topological polar surface area (TPSA) is 70.8 Å². The van der Waals surface area contributed by atoms with Gasteiger partial charge >= 0.3 is 0 Å². The van der Waals surface area contributed by atoms with Crippen molar-refractivity contribution in [2.45, 2.75) is 18.9 Å². The summed E-state index contributed by atoms with van der Waals surface area (Å²) in [6.45, 7) is 2.54. The fraction of sp³-hybridized carbons (Fsp3) is 0.833. The summed E-state index contributed by atoms with van der Waals surface area (Å²) in [6.07, 6.45) is -0.330. The van der Waals surface area contributed by atoms with Crippen LogP contribution in [0.1, 0.15) is 6.92 Å². The minimum atomic E-state index is -1.04. The molecule has 0 spiro atoms. The molecule has 0 bridgehead atoms. The minimum absolute atomic E-state index is 0.283. The molecule has 1 rings (SSSR count). The van der Waals surface area contributed by atoms with Crippen LogP contribution in [0.25, 0.3) is 0 Å². The maximum absolute atomic E-state index is 9.87. The molecule has 64 valence electrons. The zero-order chi connectivity index (χ0) is 8.32. The maximum atomic E-state index is 9.87. The van der Waals surface area contributed by atoms with Crippen molar-refractivity contribution in [1.29, 1.82) is 0 Å². The number of rotatable bonds is 2. The third-order valence-corrected chi connectivity index (χ3v) is 1.36. The van der Waals surface area contributed by atoms with Crippen molar-refractivity contribution in [2.75, 3.05) is 13.2 Å². The molecular formula is C6H11NO4. The van der Waals surface area contributed by atoms with Gasteiger partial charge in [0.15, 0.2) is 0 Å². The summed E-state index contributed by atoms with van der Waals surface area (Å²) in [4.78, 5) is 9.87. The third-order valence-electron chi connectivity index (χ3n) is 1.36. The monoisotopic (exact) mass is 161 g/mol. The zero-order valence-corrected chi connectivity index (χ0v) is 6.28. The Hall–Kier alpha value is -0.650. The van der Waals surface area contributed by atoms with Crippen LogP contribution in [0.3, 0.4) is 0 Å². The van der Waals surface area contributed by atoms with Crippen LogP contribution >= 0.6 is 0 Å². The molecule has 1 fully saturated rings. The molecule has 0 aromatic rings. The highest BCUT2D eigenvalue weighted by atomic mass is 16.7. The predicted molar refractivity (Wildman–Crippen MR) is 35.4 cm³/mol. The smallest absolute Gasteiger partial charge is 0.293 e. The Labute approximate surface area is 64.4 Å². The molecule has 0 amide bonds. The second-order valence-corrected chi connectivity index (χ2v) is 2.49. The Morgan fingerprint density at radius 1 is 1.64 bits per heavy atom. The van der Waals surface area contributed by atoms with E-state index in [0.29, 0.717) is 6.47 Å².